The third-order valence-corrected chi connectivity index (χ3v) is 6.20. The topological polar surface area (TPSA) is 146 Å². The van der Waals surface area contributed by atoms with Crippen LogP contribution in [0.3, 0.4) is 0 Å². The summed E-state index contributed by atoms with van der Waals surface area (Å²) >= 11 is 0. The van der Waals surface area contributed by atoms with Crippen LogP contribution in [0.5, 0.6) is 11.5 Å². The van der Waals surface area contributed by atoms with Gasteiger partial charge in [0.05, 0.1) is 19.8 Å². The standard InChI is InChI=1S/C26H45N3O6.ClH/c1-17(2)20(14-19-7-8-23(34-5)24(15-19)35-12-6-11-33-4)16-21(27)22(30)13-18(3)26(32)29-10-9-25(28)31;/h7-8,15,17-18,20-22,30H,6,9-14,16,27H2,1-5H3,(H2,28,31)(H,29,32);1H/t18-,20+,21+,22+;/m1./s1. The van der Waals surface area contributed by atoms with Crippen LogP contribution in [-0.4, -0.2) is 63.0 Å². The monoisotopic (exact) mass is 531 g/mol. The zero-order valence-corrected chi connectivity index (χ0v) is 23.1. The lowest BCUT2D eigenvalue weighted by molar-refractivity contribution is -0.125. The Morgan fingerprint density at radius 3 is 2.36 bits per heavy atom. The van der Waals surface area contributed by atoms with Crippen molar-refractivity contribution in [2.45, 2.75) is 65.0 Å². The molecule has 0 bridgehead atoms. The van der Waals surface area contributed by atoms with Crippen LogP contribution in [0.4, 0.5) is 0 Å². The summed E-state index contributed by atoms with van der Waals surface area (Å²) in [4.78, 5) is 23.0. The minimum atomic E-state index is -0.816. The Hall–Kier alpha value is -2.07. The number of ether oxygens (including phenoxy) is 3. The maximum absolute atomic E-state index is 12.2. The molecule has 0 saturated heterocycles. The maximum Gasteiger partial charge on any atom is 0.222 e. The molecule has 1 aromatic rings. The van der Waals surface area contributed by atoms with E-state index in [9.17, 15) is 14.7 Å². The van der Waals surface area contributed by atoms with Gasteiger partial charge in [0, 0.05) is 45.1 Å². The van der Waals surface area contributed by atoms with E-state index in [4.69, 9.17) is 25.7 Å². The van der Waals surface area contributed by atoms with Gasteiger partial charge in [-0.25, -0.2) is 0 Å². The van der Waals surface area contributed by atoms with E-state index in [0.717, 1.165) is 18.4 Å². The molecule has 0 unspecified atom stereocenters. The van der Waals surface area contributed by atoms with E-state index in [-0.39, 0.29) is 43.6 Å². The molecule has 10 heteroatoms. The Labute approximate surface area is 222 Å². The van der Waals surface area contributed by atoms with Gasteiger partial charge in [0.2, 0.25) is 11.8 Å². The molecule has 6 N–H and O–H groups in total. The number of hydrogen-bond donors (Lipinski definition) is 4. The summed E-state index contributed by atoms with van der Waals surface area (Å²) in [5.41, 5.74) is 12.6. The number of benzene rings is 1. The molecule has 0 radical (unpaired) electrons. The molecule has 36 heavy (non-hydrogen) atoms. The average molecular weight is 532 g/mol. The van der Waals surface area contributed by atoms with Gasteiger partial charge in [-0.3, -0.25) is 9.59 Å². The first-order valence-electron chi connectivity index (χ1n) is 12.4. The molecule has 0 aliphatic heterocycles. The summed E-state index contributed by atoms with van der Waals surface area (Å²) in [5, 5.41) is 13.3. The minimum Gasteiger partial charge on any atom is -0.493 e. The van der Waals surface area contributed by atoms with E-state index in [0.29, 0.717) is 37.1 Å². The molecule has 0 aliphatic rings. The van der Waals surface area contributed by atoms with Crippen molar-refractivity contribution in [2.24, 2.45) is 29.2 Å². The number of hydrogen-bond acceptors (Lipinski definition) is 7. The number of halogens is 1. The Morgan fingerprint density at radius 2 is 1.78 bits per heavy atom. The second-order valence-corrected chi connectivity index (χ2v) is 9.50. The lowest BCUT2D eigenvalue weighted by atomic mass is 9.82. The van der Waals surface area contributed by atoms with Crippen LogP contribution < -0.4 is 26.3 Å². The molecule has 208 valence electrons. The molecule has 0 fully saturated rings. The van der Waals surface area contributed by atoms with Crippen LogP contribution >= 0.6 is 12.4 Å². The predicted molar refractivity (Wildman–Crippen MR) is 143 cm³/mol. The Morgan fingerprint density at radius 1 is 1.08 bits per heavy atom. The number of carbonyl (C=O) groups excluding carboxylic acids is 2. The van der Waals surface area contributed by atoms with Crippen molar-refractivity contribution in [2.75, 3.05) is 34.0 Å². The fourth-order valence-electron chi connectivity index (χ4n) is 3.87. The number of carbonyl (C=O) groups is 2. The van der Waals surface area contributed by atoms with E-state index in [1.54, 1.807) is 21.1 Å². The maximum atomic E-state index is 12.2. The number of aliphatic hydroxyl groups excluding tert-OH is 1. The van der Waals surface area contributed by atoms with Crippen molar-refractivity contribution in [3.8, 4) is 11.5 Å². The predicted octanol–water partition coefficient (Wildman–Crippen LogP) is 2.44. The number of aliphatic hydroxyl groups is 1. The van der Waals surface area contributed by atoms with Gasteiger partial charge in [0.25, 0.3) is 0 Å². The first-order valence-corrected chi connectivity index (χ1v) is 12.4. The van der Waals surface area contributed by atoms with Crippen LogP contribution in [-0.2, 0) is 20.7 Å². The summed E-state index contributed by atoms with van der Waals surface area (Å²) in [6, 6.07) is 5.47. The van der Waals surface area contributed by atoms with Crippen LogP contribution in [0, 0.1) is 17.8 Å². The highest BCUT2D eigenvalue weighted by molar-refractivity contribution is 5.85. The first kappa shape index (κ1) is 33.9. The molecule has 0 aromatic heterocycles. The molecule has 9 nitrogen and oxygen atoms in total. The largest absolute Gasteiger partial charge is 0.493 e. The highest BCUT2D eigenvalue weighted by Crippen LogP contribution is 2.31. The molecule has 4 atom stereocenters. The van der Waals surface area contributed by atoms with Crippen molar-refractivity contribution in [1.82, 2.24) is 5.32 Å². The van der Waals surface area contributed by atoms with Gasteiger partial charge >= 0.3 is 0 Å². The highest BCUT2D eigenvalue weighted by atomic mass is 35.5. The normalized spacial score (nSPS) is 14.3. The van der Waals surface area contributed by atoms with Crippen molar-refractivity contribution in [1.29, 1.82) is 0 Å². The molecule has 0 aliphatic carbocycles. The van der Waals surface area contributed by atoms with Gasteiger partial charge in [-0.2, -0.15) is 0 Å². The summed E-state index contributed by atoms with van der Waals surface area (Å²) in [6.07, 6.45) is 1.69. The third kappa shape index (κ3) is 12.8. The number of methoxy groups -OCH3 is 2. The van der Waals surface area contributed by atoms with Gasteiger partial charge in [0.1, 0.15) is 0 Å². The molecule has 0 saturated carbocycles. The lowest BCUT2D eigenvalue weighted by Gasteiger charge is -2.28. The van der Waals surface area contributed by atoms with E-state index < -0.39 is 24.0 Å². The van der Waals surface area contributed by atoms with Gasteiger partial charge in [-0.05, 0) is 48.8 Å². The van der Waals surface area contributed by atoms with Gasteiger partial charge in [-0.1, -0.05) is 26.8 Å². The Kier molecular flexibility index (Phi) is 17.2. The number of nitrogens with two attached hydrogens (primary N) is 2. The molecule has 2 amide bonds. The van der Waals surface area contributed by atoms with Crippen LogP contribution in [0.1, 0.15) is 52.0 Å². The number of primary amides is 1. The lowest BCUT2D eigenvalue weighted by Crippen LogP contribution is -2.41. The van der Waals surface area contributed by atoms with Gasteiger partial charge < -0.3 is 36.1 Å². The fraction of sp³-hybridized carbons (Fsp3) is 0.692. The minimum absolute atomic E-state index is 0. The fourth-order valence-corrected chi connectivity index (χ4v) is 3.87. The van der Waals surface area contributed by atoms with E-state index in [1.807, 2.05) is 18.2 Å². The first-order chi connectivity index (χ1) is 16.6. The Balaban J connectivity index is 0.0000122. The van der Waals surface area contributed by atoms with Crippen LogP contribution in [0.2, 0.25) is 0 Å². The van der Waals surface area contributed by atoms with E-state index in [2.05, 4.69) is 19.2 Å². The summed E-state index contributed by atoms with van der Waals surface area (Å²) in [6.45, 7) is 7.38. The quantitative estimate of drug-likeness (QED) is 0.213. The number of amides is 2. The zero-order valence-electron chi connectivity index (χ0n) is 22.3. The zero-order chi connectivity index (χ0) is 26.4. The smallest absolute Gasteiger partial charge is 0.222 e. The van der Waals surface area contributed by atoms with Crippen LogP contribution in [0.25, 0.3) is 0 Å². The van der Waals surface area contributed by atoms with Gasteiger partial charge in [0.15, 0.2) is 11.5 Å². The molecule has 1 aromatic carbocycles. The molecular formula is C26H46ClN3O6. The van der Waals surface area contributed by atoms with Crippen molar-refractivity contribution < 1.29 is 28.9 Å². The summed E-state index contributed by atoms with van der Waals surface area (Å²) in [5.74, 6) is 0.827. The Bertz CT molecular complexity index is 780. The van der Waals surface area contributed by atoms with Crippen LogP contribution in [0.15, 0.2) is 18.2 Å². The van der Waals surface area contributed by atoms with Crippen molar-refractivity contribution in [3.05, 3.63) is 23.8 Å². The van der Waals surface area contributed by atoms with Crippen molar-refractivity contribution in [3.63, 3.8) is 0 Å². The summed E-state index contributed by atoms with van der Waals surface area (Å²) < 4.78 is 16.4. The van der Waals surface area contributed by atoms with Crippen molar-refractivity contribution >= 4 is 24.2 Å². The second-order valence-electron chi connectivity index (χ2n) is 9.50. The van der Waals surface area contributed by atoms with Gasteiger partial charge in [-0.15, -0.1) is 12.4 Å². The molecule has 1 rings (SSSR count). The highest BCUT2D eigenvalue weighted by Gasteiger charge is 2.26. The SMILES string of the molecule is COCCCOc1cc(C[C@@H](C[C@H](N)[C@@H](O)C[C@@H](C)C(=O)NCCC(N)=O)C(C)C)ccc1OC.Cl. The second kappa shape index (κ2) is 18.2. The van der Waals surface area contributed by atoms with E-state index >= 15 is 0 Å². The number of nitrogens with one attached hydrogen (secondary N) is 1. The molecular weight excluding hydrogens is 486 g/mol. The molecule has 0 heterocycles. The summed E-state index contributed by atoms with van der Waals surface area (Å²) in [7, 11) is 3.28. The number of rotatable bonds is 18. The third-order valence-electron chi connectivity index (χ3n) is 6.20. The average Bonchev–Trinajstić information content (AvgIpc) is 2.80. The molecule has 0 spiro atoms. The van der Waals surface area contributed by atoms with E-state index in [1.165, 1.54) is 0 Å².